The first kappa shape index (κ1) is 14.1. The van der Waals surface area contributed by atoms with E-state index in [9.17, 15) is 0 Å². The summed E-state index contributed by atoms with van der Waals surface area (Å²) in [5.41, 5.74) is 4.97. The van der Waals surface area contributed by atoms with Crippen LogP contribution in [0.3, 0.4) is 0 Å². The molecule has 0 radical (unpaired) electrons. The maximum atomic E-state index is 6.57. The van der Waals surface area contributed by atoms with Gasteiger partial charge in [-0.1, -0.05) is 60.1 Å². The van der Waals surface area contributed by atoms with Gasteiger partial charge in [0.05, 0.1) is 22.8 Å². The molecule has 2 aromatic carbocycles. The first-order valence-corrected chi connectivity index (χ1v) is 7.22. The lowest BCUT2D eigenvalue weighted by molar-refractivity contribution is 0.186. The van der Waals surface area contributed by atoms with Crippen molar-refractivity contribution in [2.24, 2.45) is 0 Å². The molecule has 0 saturated carbocycles. The highest BCUT2D eigenvalue weighted by atomic mass is 35.5. The van der Waals surface area contributed by atoms with Crippen LogP contribution in [0, 0.1) is 6.92 Å². The summed E-state index contributed by atoms with van der Waals surface area (Å²) in [7, 11) is 1.69. The molecule has 3 aromatic rings. The van der Waals surface area contributed by atoms with Crippen LogP contribution in [0.2, 0.25) is 5.02 Å². The summed E-state index contributed by atoms with van der Waals surface area (Å²) in [5, 5.41) is 1.74. The first-order chi connectivity index (χ1) is 10.2. The molecule has 3 heteroatoms. The average Bonchev–Trinajstić information content (AvgIpc) is 2.52. The third-order valence-electron chi connectivity index (χ3n) is 3.61. The molecule has 1 aromatic heterocycles. The summed E-state index contributed by atoms with van der Waals surface area (Å²) in [5.74, 6) is 0. The maximum absolute atomic E-state index is 6.57. The van der Waals surface area contributed by atoms with Gasteiger partial charge in [-0.25, -0.2) is 4.98 Å². The van der Waals surface area contributed by atoms with Crippen molar-refractivity contribution in [3.8, 4) is 11.3 Å². The van der Waals surface area contributed by atoms with E-state index in [1.165, 1.54) is 0 Å². The van der Waals surface area contributed by atoms with E-state index >= 15 is 0 Å². The molecule has 21 heavy (non-hydrogen) atoms. The summed E-state index contributed by atoms with van der Waals surface area (Å²) in [6.07, 6.45) is 0. The van der Waals surface area contributed by atoms with Gasteiger partial charge in [0, 0.05) is 23.6 Å². The van der Waals surface area contributed by atoms with E-state index in [-0.39, 0.29) is 0 Å². The Morgan fingerprint density at radius 2 is 1.81 bits per heavy atom. The molecule has 0 fully saturated rings. The van der Waals surface area contributed by atoms with E-state index in [2.05, 4.69) is 12.1 Å². The normalized spacial score (nSPS) is 11.0. The molecule has 0 aliphatic rings. The summed E-state index contributed by atoms with van der Waals surface area (Å²) in [6.45, 7) is 2.54. The third-order valence-corrected chi connectivity index (χ3v) is 4.10. The monoisotopic (exact) mass is 297 g/mol. The van der Waals surface area contributed by atoms with Crippen molar-refractivity contribution >= 4 is 22.5 Å². The van der Waals surface area contributed by atoms with Gasteiger partial charge in [-0.2, -0.15) is 0 Å². The number of rotatable bonds is 3. The Bertz CT molecular complexity index is 784. The summed E-state index contributed by atoms with van der Waals surface area (Å²) >= 11 is 6.57. The number of hydrogen-bond donors (Lipinski definition) is 0. The van der Waals surface area contributed by atoms with Gasteiger partial charge < -0.3 is 4.74 Å². The lowest BCUT2D eigenvalue weighted by Gasteiger charge is -2.13. The number of methoxy groups -OCH3 is 1. The van der Waals surface area contributed by atoms with Crippen LogP contribution in [0.4, 0.5) is 0 Å². The van der Waals surface area contributed by atoms with E-state index < -0.39 is 0 Å². The van der Waals surface area contributed by atoms with Crippen LogP contribution in [-0.4, -0.2) is 12.1 Å². The Balaban J connectivity index is 2.32. The fraction of sp³-hybridized carbons (Fsp3) is 0.167. The predicted octanol–water partition coefficient (Wildman–Crippen LogP) is 5.01. The van der Waals surface area contributed by atoms with E-state index in [4.69, 9.17) is 21.3 Å². The zero-order chi connectivity index (χ0) is 14.8. The van der Waals surface area contributed by atoms with Gasteiger partial charge >= 0.3 is 0 Å². The van der Waals surface area contributed by atoms with Crippen LogP contribution in [-0.2, 0) is 11.3 Å². The first-order valence-electron chi connectivity index (χ1n) is 6.84. The molecule has 1 heterocycles. The van der Waals surface area contributed by atoms with Gasteiger partial charge in [0.2, 0.25) is 0 Å². The molecule has 106 valence electrons. The largest absolute Gasteiger partial charge is 0.380 e. The molecular formula is C18H16ClNO. The molecule has 0 N–H and O–H groups in total. The number of ether oxygens (including phenoxy) is 1. The SMILES string of the molecule is COCc1cccc2c(Cl)c(C)c(-c3ccccc3)nc12. The van der Waals surface area contributed by atoms with Crippen molar-refractivity contribution in [2.75, 3.05) is 7.11 Å². The van der Waals surface area contributed by atoms with Crippen molar-refractivity contribution in [2.45, 2.75) is 13.5 Å². The summed E-state index contributed by atoms with van der Waals surface area (Å²) < 4.78 is 5.27. The molecular weight excluding hydrogens is 282 g/mol. The summed E-state index contributed by atoms with van der Waals surface area (Å²) in [6, 6.07) is 16.1. The fourth-order valence-corrected chi connectivity index (χ4v) is 2.79. The van der Waals surface area contributed by atoms with Gasteiger partial charge in [-0.3, -0.25) is 0 Å². The Hall–Kier alpha value is -1.90. The number of pyridine rings is 1. The average molecular weight is 298 g/mol. The van der Waals surface area contributed by atoms with Crippen LogP contribution in [0.25, 0.3) is 22.2 Å². The van der Waals surface area contributed by atoms with Crippen molar-refractivity contribution in [3.63, 3.8) is 0 Å². The topological polar surface area (TPSA) is 22.1 Å². The zero-order valence-corrected chi connectivity index (χ0v) is 12.8. The van der Waals surface area contributed by atoms with Gasteiger partial charge in [0.25, 0.3) is 0 Å². The van der Waals surface area contributed by atoms with E-state index in [1.54, 1.807) is 7.11 Å². The minimum Gasteiger partial charge on any atom is -0.380 e. The van der Waals surface area contributed by atoms with Gasteiger partial charge in [-0.15, -0.1) is 0 Å². The van der Waals surface area contributed by atoms with E-state index in [1.807, 2.05) is 43.3 Å². The Labute approximate surface area is 129 Å². The molecule has 0 aliphatic heterocycles. The highest BCUT2D eigenvalue weighted by Crippen LogP contribution is 2.34. The number of para-hydroxylation sites is 1. The van der Waals surface area contributed by atoms with E-state index in [0.717, 1.165) is 38.3 Å². The smallest absolute Gasteiger partial charge is 0.0779 e. The van der Waals surface area contributed by atoms with Gasteiger partial charge in [-0.05, 0) is 12.5 Å². The Morgan fingerprint density at radius 1 is 1.05 bits per heavy atom. The fourth-order valence-electron chi connectivity index (χ4n) is 2.55. The summed E-state index contributed by atoms with van der Waals surface area (Å²) in [4.78, 5) is 4.86. The van der Waals surface area contributed by atoms with Crippen molar-refractivity contribution in [3.05, 3.63) is 64.7 Å². The van der Waals surface area contributed by atoms with Crippen LogP contribution in [0.1, 0.15) is 11.1 Å². The minimum atomic E-state index is 0.526. The molecule has 0 atom stereocenters. The van der Waals surface area contributed by atoms with Crippen molar-refractivity contribution in [1.82, 2.24) is 4.98 Å². The lowest BCUT2D eigenvalue weighted by Crippen LogP contribution is -1.97. The number of fused-ring (bicyclic) bond motifs is 1. The molecule has 0 aliphatic carbocycles. The van der Waals surface area contributed by atoms with Gasteiger partial charge in [0.15, 0.2) is 0 Å². The Morgan fingerprint density at radius 3 is 2.52 bits per heavy atom. The second kappa shape index (κ2) is 5.84. The highest BCUT2D eigenvalue weighted by molar-refractivity contribution is 6.36. The molecule has 0 spiro atoms. The molecule has 0 saturated heterocycles. The number of benzene rings is 2. The molecule has 2 nitrogen and oxygen atoms in total. The standard InChI is InChI=1S/C18H16ClNO/c1-12-16(19)15-10-6-9-14(11-21-2)18(15)20-17(12)13-7-4-3-5-8-13/h3-10H,11H2,1-2H3. The second-order valence-electron chi connectivity index (χ2n) is 5.01. The minimum absolute atomic E-state index is 0.526. The van der Waals surface area contributed by atoms with E-state index in [0.29, 0.717) is 6.61 Å². The Kier molecular flexibility index (Phi) is 3.91. The maximum Gasteiger partial charge on any atom is 0.0779 e. The highest BCUT2D eigenvalue weighted by Gasteiger charge is 2.13. The van der Waals surface area contributed by atoms with Crippen LogP contribution < -0.4 is 0 Å². The second-order valence-corrected chi connectivity index (χ2v) is 5.39. The molecule has 0 unspecified atom stereocenters. The quantitative estimate of drug-likeness (QED) is 0.678. The number of halogens is 1. The van der Waals surface area contributed by atoms with Crippen LogP contribution in [0.5, 0.6) is 0 Å². The van der Waals surface area contributed by atoms with Crippen LogP contribution in [0.15, 0.2) is 48.5 Å². The predicted molar refractivity (Wildman–Crippen MR) is 87.6 cm³/mol. The van der Waals surface area contributed by atoms with Crippen molar-refractivity contribution in [1.29, 1.82) is 0 Å². The molecule has 3 rings (SSSR count). The molecule has 0 bridgehead atoms. The number of nitrogens with zero attached hydrogens (tertiary/aromatic N) is 1. The number of aromatic nitrogens is 1. The van der Waals surface area contributed by atoms with Crippen molar-refractivity contribution < 1.29 is 4.74 Å². The third kappa shape index (κ3) is 2.53. The number of hydrogen-bond acceptors (Lipinski definition) is 2. The molecule has 0 amide bonds. The zero-order valence-electron chi connectivity index (χ0n) is 12.1. The van der Waals surface area contributed by atoms with Crippen LogP contribution >= 0.6 is 11.6 Å². The lowest BCUT2D eigenvalue weighted by atomic mass is 10.0. The van der Waals surface area contributed by atoms with Gasteiger partial charge in [0.1, 0.15) is 0 Å².